The lowest BCUT2D eigenvalue weighted by atomic mass is 9.93. The normalized spacial score (nSPS) is 16.4. The Morgan fingerprint density at radius 3 is 2.63 bits per heavy atom. The average molecular weight is 263 g/mol. The van der Waals surface area contributed by atoms with E-state index in [1.54, 1.807) is 7.11 Å². The van der Waals surface area contributed by atoms with Crippen molar-refractivity contribution in [3.8, 4) is 5.75 Å². The molecular formula is C14H21N3O2. The number of carbonyl (C=O) groups is 1. The predicted molar refractivity (Wildman–Crippen MR) is 76.2 cm³/mol. The molecule has 104 valence electrons. The van der Waals surface area contributed by atoms with Gasteiger partial charge >= 0.3 is 0 Å². The van der Waals surface area contributed by atoms with E-state index in [0.29, 0.717) is 18.0 Å². The van der Waals surface area contributed by atoms with Crippen molar-refractivity contribution >= 4 is 17.3 Å². The minimum atomic E-state index is -0.205. The van der Waals surface area contributed by atoms with Gasteiger partial charge in [0.05, 0.1) is 7.11 Å². The fourth-order valence-electron chi connectivity index (χ4n) is 2.59. The molecule has 5 heteroatoms. The maximum absolute atomic E-state index is 10.9. The average Bonchev–Trinajstić information content (AvgIpc) is 2.38. The van der Waals surface area contributed by atoms with Crippen molar-refractivity contribution in [2.45, 2.75) is 19.3 Å². The number of carbonyl (C=O) groups excluding carboxylic acids is 1. The maximum Gasteiger partial charge on any atom is 0.217 e. The van der Waals surface area contributed by atoms with Crippen LogP contribution in [0.2, 0.25) is 0 Å². The molecule has 0 aromatic heterocycles. The summed E-state index contributed by atoms with van der Waals surface area (Å²) in [6, 6.07) is 5.76. The summed E-state index contributed by atoms with van der Waals surface area (Å²) in [7, 11) is 1.64. The molecule has 1 amide bonds. The SMILES string of the molecule is COc1cc(N)cc(N2CCC(CC(N)=O)CC2)c1. The summed E-state index contributed by atoms with van der Waals surface area (Å²) < 4.78 is 5.23. The van der Waals surface area contributed by atoms with Crippen LogP contribution in [0.3, 0.4) is 0 Å². The first-order valence-corrected chi connectivity index (χ1v) is 6.56. The molecule has 0 unspecified atom stereocenters. The number of primary amides is 1. The van der Waals surface area contributed by atoms with Gasteiger partial charge in [0.15, 0.2) is 0 Å². The molecular weight excluding hydrogens is 242 g/mol. The number of ether oxygens (including phenoxy) is 1. The molecule has 1 aromatic rings. The topological polar surface area (TPSA) is 81.6 Å². The standard InChI is InChI=1S/C14H21N3O2/c1-19-13-8-11(15)7-12(9-13)17-4-2-10(3-5-17)6-14(16)18/h7-10H,2-6,15H2,1H3,(H2,16,18). The van der Waals surface area contributed by atoms with Gasteiger partial charge in [-0.2, -0.15) is 0 Å². The molecule has 1 aromatic carbocycles. The molecule has 1 fully saturated rings. The number of hydrogen-bond donors (Lipinski definition) is 2. The summed E-state index contributed by atoms with van der Waals surface area (Å²) in [6.45, 7) is 1.84. The first-order valence-electron chi connectivity index (χ1n) is 6.56. The van der Waals surface area contributed by atoms with E-state index in [1.807, 2.05) is 18.2 Å². The van der Waals surface area contributed by atoms with Crippen molar-refractivity contribution in [1.29, 1.82) is 0 Å². The Kier molecular flexibility index (Phi) is 4.14. The highest BCUT2D eigenvalue weighted by Crippen LogP contribution is 2.29. The van der Waals surface area contributed by atoms with Crippen LogP contribution in [0.25, 0.3) is 0 Å². The fraction of sp³-hybridized carbons (Fsp3) is 0.500. The predicted octanol–water partition coefficient (Wildman–Crippen LogP) is 1.37. The number of amides is 1. The van der Waals surface area contributed by atoms with Crippen LogP contribution in [-0.4, -0.2) is 26.1 Å². The van der Waals surface area contributed by atoms with Crippen molar-refractivity contribution in [2.24, 2.45) is 11.7 Å². The van der Waals surface area contributed by atoms with Crippen LogP contribution in [-0.2, 0) is 4.79 Å². The van der Waals surface area contributed by atoms with Crippen molar-refractivity contribution in [1.82, 2.24) is 0 Å². The third-order valence-corrected chi connectivity index (χ3v) is 3.62. The number of benzene rings is 1. The molecule has 0 radical (unpaired) electrons. The Morgan fingerprint density at radius 1 is 1.37 bits per heavy atom. The van der Waals surface area contributed by atoms with Crippen molar-refractivity contribution in [2.75, 3.05) is 30.8 Å². The highest BCUT2D eigenvalue weighted by Gasteiger charge is 2.21. The molecule has 2 rings (SSSR count). The highest BCUT2D eigenvalue weighted by atomic mass is 16.5. The van der Waals surface area contributed by atoms with E-state index >= 15 is 0 Å². The van der Waals surface area contributed by atoms with E-state index in [4.69, 9.17) is 16.2 Å². The van der Waals surface area contributed by atoms with Gasteiger partial charge in [-0.1, -0.05) is 0 Å². The smallest absolute Gasteiger partial charge is 0.217 e. The number of anilines is 2. The van der Waals surface area contributed by atoms with Gasteiger partial charge in [0.1, 0.15) is 5.75 Å². The van der Waals surface area contributed by atoms with Crippen LogP contribution >= 0.6 is 0 Å². The van der Waals surface area contributed by atoms with Gasteiger partial charge in [-0.25, -0.2) is 0 Å². The highest BCUT2D eigenvalue weighted by molar-refractivity contribution is 5.74. The first-order chi connectivity index (χ1) is 9.08. The van der Waals surface area contributed by atoms with Crippen molar-refractivity contribution in [3.05, 3.63) is 18.2 Å². The quantitative estimate of drug-likeness (QED) is 0.804. The van der Waals surface area contributed by atoms with Crippen molar-refractivity contribution < 1.29 is 9.53 Å². The summed E-state index contributed by atoms with van der Waals surface area (Å²) in [6.07, 6.45) is 2.47. The number of nitrogens with two attached hydrogens (primary N) is 2. The lowest BCUT2D eigenvalue weighted by Gasteiger charge is -2.33. The van der Waals surface area contributed by atoms with Gasteiger partial charge in [0.2, 0.25) is 5.91 Å². The molecule has 0 atom stereocenters. The van der Waals surface area contributed by atoms with E-state index < -0.39 is 0 Å². The first kappa shape index (κ1) is 13.5. The Morgan fingerprint density at radius 2 is 2.05 bits per heavy atom. The Balaban J connectivity index is 2.01. The minimum absolute atomic E-state index is 0.205. The van der Waals surface area contributed by atoms with Crippen LogP contribution in [0.5, 0.6) is 5.75 Å². The van der Waals surface area contributed by atoms with Gasteiger partial charge in [-0.05, 0) is 24.8 Å². The number of rotatable bonds is 4. The molecule has 0 bridgehead atoms. The van der Waals surface area contributed by atoms with Gasteiger partial charge < -0.3 is 21.1 Å². The third kappa shape index (κ3) is 3.53. The second-order valence-corrected chi connectivity index (χ2v) is 5.07. The maximum atomic E-state index is 10.9. The van der Waals surface area contributed by atoms with Crippen LogP contribution in [0, 0.1) is 5.92 Å². The van der Waals surface area contributed by atoms with Crippen LogP contribution in [0.1, 0.15) is 19.3 Å². The van der Waals surface area contributed by atoms with Crippen molar-refractivity contribution in [3.63, 3.8) is 0 Å². The minimum Gasteiger partial charge on any atom is -0.497 e. The van der Waals surface area contributed by atoms with E-state index in [9.17, 15) is 4.79 Å². The van der Waals surface area contributed by atoms with Gasteiger partial charge in [0.25, 0.3) is 0 Å². The Hall–Kier alpha value is -1.91. The van der Waals surface area contributed by atoms with Gasteiger partial charge in [-0.15, -0.1) is 0 Å². The summed E-state index contributed by atoms with van der Waals surface area (Å²) in [4.78, 5) is 13.2. The zero-order chi connectivity index (χ0) is 13.8. The molecule has 1 heterocycles. The number of hydrogen-bond acceptors (Lipinski definition) is 4. The van der Waals surface area contributed by atoms with Gasteiger partial charge in [0, 0.05) is 43.0 Å². The molecule has 1 aliphatic heterocycles. The number of nitrogens with zero attached hydrogens (tertiary/aromatic N) is 1. The second-order valence-electron chi connectivity index (χ2n) is 5.07. The fourth-order valence-corrected chi connectivity index (χ4v) is 2.59. The summed E-state index contributed by atoms with van der Waals surface area (Å²) in [5.41, 5.74) is 12.9. The zero-order valence-electron chi connectivity index (χ0n) is 11.3. The van der Waals surface area contributed by atoms with Crippen LogP contribution < -0.4 is 21.1 Å². The number of methoxy groups -OCH3 is 1. The van der Waals surface area contributed by atoms with E-state index in [0.717, 1.165) is 37.4 Å². The lowest BCUT2D eigenvalue weighted by Crippen LogP contribution is -2.35. The number of piperidine rings is 1. The molecule has 1 aliphatic rings. The van der Waals surface area contributed by atoms with Crippen LogP contribution in [0.4, 0.5) is 11.4 Å². The molecule has 19 heavy (non-hydrogen) atoms. The largest absolute Gasteiger partial charge is 0.497 e. The third-order valence-electron chi connectivity index (χ3n) is 3.62. The molecule has 0 saturated carbocycles. The monoisotopic (exact) mass is 263 g/mol. The van der Waals surface area contributed by atoms with Crippen LogP contribution in [0.15, 0.2) is 18.2 Å². The zero-order valence-corrected chi connectivity index (χ0v) is 11.3. The van der Waals surface area contributed by atoms with Gasteiger partial charge in [-0.3, -0.25) is 4.79 Å². The molecule has 0 aliphatic carbocycles. The summed E-state index contributed by atoms with van der Waals surface area (Å²) in [5, 5.41) is 0. The Labute approximate surface area is 113 Å². The second kappa shape index (κ2) is 5.82. The molecule has 0 spiro atoms. The Bertz CT molecular complexity index is 454. The molecule has 4 N–H and O–H groups in total. The van der Waals surface area contributed by atoms with E-state index in [1.165, 1.54) is 0 Å². The number of nitrogen functional groups attached to an aromatic ring is 1. The van der Waals surface area contributed by atoms with E-state index in [2.05, 4.69) is 4.90 Å². The van der Waals surface area contributed by atoms with E-state index in [-0.39, 0.29) is 5.91 Å². The molecule has 1 saturated heterocycles. The lowest BCUT2D eigenvalue weighted by molar-refractivity contribution is -0.119. The molecule has 5 nitrogen and oxygen atoms in total. The summed E-state index contributed by atoms with van der Waals surface area (Å²) >= 11 is 0. The summed E-state index contributed by atoms with van der Waals surface area (Å²) in [5.74, 6) is 0.982.